The molecule has 164 valence electrons. The second-order valence-electron chi connectivity index (χ2n) is 7.12. The molecule has 0 bridgehead atoms. The number of halogens is 2. The highest BCUT2D eigenvalue weighted by Gasteiger charge is 2.13. The number of nitrogens with one attached hydrogen (secondary N) is 1. The van der Waals surface area contributed by atoms with Crippen LogP contribution in [0.3, 0.4) is 0 Å². The first-order chi connectivity index (χ1) is 15.6. The number of alkyl halides is 2. The van der Waals surface area contributed by atoms with E-state index in [4.69, 9.17) is 9.84 Å². The summed E-state index contributed by atoms with van der Waals surface area (Å²) in [6.45, 7) is -1.90. The van der Waals surface area contributed by atoms with Gasteiger partial charge in [0.2, 0.25) is 0 Å². The molecule has 0 radical (unpaired) electrons. The fourth-order valence-electron chi connectivity index (χ4n) is 3.45. The van der Waals surface area contributed by atoms with Gasteiger partial charge in [-0.15, -0.1) is 0 Å². The number of methoxy groups -OCH3 is 1. The van der Waals surface area contributed by atoms with Crippen LogP contribution in [0.4, 0.5) is 8.78 Å². The molecule has 0 saturated heterocycles. The monoisotopic (exact) mass is 435 g/mol. The van der Waals surface area contributed by atoms with Crippen LogP contribution in [0, 0.1) is 0 Å². The van der Waals surface area contributed by atoms with Gasteiger partial charge >= 0.3 is 6.61 Å². The van der Waals surface area contributed by atoms with E-state index in [1.54, 1.807) is 12.1 Å². The van der Waals surface area contributed by atoms with Crippen molar-refractivity contribution in [3.63, 3.8) is 0 Å². The van der Waals surface area contributed by atoms with Gasteiger partial charge in [-0.2, -0.15) is 13.9 Å². The van der Waals surface area contributed by atoms with Crippen molar-refractivity contribution in [2.75, 3.05) is 7.11 Å². The maximum Gasteiger partial charge on any atom is 0.387 e. The van der Waals surface area contributed by atoms with Crippen molar-refractivity contribution in [2.45, 2.75) is 19.7 Å². The number of ether oxygens (including phenoxy) is 2. The smallest absolute Gasteiger partial charge is 0.387 e. The van der Waals surface area contributed by atoms with Crippen molar-refractivity contribution in [3.8, 4) is 28.4 Å². The zero-order chi connectivity index (χ0) is 22.3. The lowest BCUT2D eigenvalue weighted by Gasteiger charge is -2.12. The highest BCUT2D eigenvalue weighted by atomic mass is 19.3. The molecule has 0 fully saturated rings. The zero-order valence-corrected chi connectivity index (χ0v) is 17.5. The Morgan fingerprint density at radius 1 is 0.906 bits per heavy atom. The minimum absolute atomic E-state index is 0.0173. The topological polar surface area (TPSA) is 48.3 Å². The number of aromatic nitrogens is 2. The predicted molar refractivity (Wildman–Crippen MR) is 119 cm³/mol. The summed E-state index contributed by atoms with van der Waals surface area (Å²) in [5.74, 6) is 0.285. The Morgan fingerprint density at radius 3 is 2.31 bits per heavy atom. The van der Waals surface area contributed by atoms with E-state index in [9.17, 15) is 8.78 Å². The van der Waals surface area contributed by atoms with E-state index in [0.29, 0.717) is 13.1 Å². The van der Waals surface area contributed by atoms with Gasteiger partial charge in [-0.1, -0.05) is 54.6 Å². The van der Waals surface area contributed by atoms with Crippen LogP contribution in [0.2, 0.25) is 0 Å². The highest BCUT2D eigenvalue weighted by Crippen LogP contribution is 2.29. The van der Waals surface area contributed by atoms with Gasteiger partial charge in [0.05, 0.1) is 18.5 Å². The quantitative estimate of drug-likeness (QED) is 0.380. The van der Waals surface area contributed by atoms with Crippen molar-refractivity contribution in [1.82, 2.24) is 15.1 Å². The van der Waals surface area contributed by atoms with Crippen LogP contribution in [0.15, 0.2) is 85.1 Å². The average Bonchev–Trinajstić information content (AvgIpc) is 3.24. The SMILES string of the molecule is COc1ccc(CNCc2cn(-c3ccccc3)nc2-c2ccccc2)cc1OC(F)F. The van der Waals surface area contributed by atoms with E-state index < -0.39 is 6.61 Å². The summed E-state index contributed by atoms with van der Waals surface area (Å²) in [6.07, 6.45) is 2.00. The summed E-state index contributed by atoms with van der Waals surface area (Å²) in [5, 5.41) is 8.18. The molecular weight excluding hydrogens is 412 g/mol. The molecule has 0 spiro atoms. The van der Waals surface area contributed by atoms with Crippen molar-refractivity contribution < 1.29 is 18.3 Å². The van der Waals surface area contributed by atoms with Crippen LogP contribution in [0.25, 0.3) is 16.9 Å². The van der Waals surface area contributed by atoms with E-state index in [1.165, 1.54) is 7.11 Å². The molecule has 5 nitrogen and oxygen atoms in total. The van der Waals surface area contributed by atoms with Crippen LogP contribution in [0.5, 0.6) is 11.5 Å². The Balaban J connectivity index is 1.53. The maximum atomic E-state index is 12.7. The lowest BCUT2D eigenvalue weighted by atomic mass is 10.1. The Labute approximate surface area is 185 Å². The highest BCUT2D eigenvalue weighted by molar-refractivity contribution is 5.63. The molecule has 1 heterocycles. The van der Waals surface area contributed by atoms with Crippen molar-refractivity contribution in [1.29, 1.82) is 0 Å². The van der Waals surface area contributed by atoms with Gasteiger partial charge < -0.3 is 14.8 Å². The summed E-state index contributed by atoms with van der Waals surface area (Å²) in [6, 6.07) is 24.9. The van der Waals surface area contributed by atoms with Gasteiger partial charge in [0, 0.05) is 30.4 Å². The summed E-state index contributed by atoms with van der Waals surface area (Å²) in [5.41, 5.74) is 4.71. The number of para-hydroxylation sites is 1. The normalized spacial score (nSPS) is 11.0. The zero-order valence-electron chi connectivity index (χ0n) is 17.5. The number of hydrogen-bond acceptors (Lipinski definition) is 4. The van der Waals surface area contributed by atoms with Gasteiger partial charge in [-0.25, -0.2) is 4.68 Å². The van der Waals surface area contributed by atoms with E-state index in [-0.39, 0.29) is 11.5 Å². The van der Waals surface area contributed by atoms with E-state index >= 15 is 0 Å². The van der Waals surface area contributed by atoms with Crippen LogP contribution >= 0.6 is 0 Å². The molecule has 1 aromatic heterocycles. The van der Waals surface area contributed by atoms with Gasteiger partial charge in [0.15, 0.2) is 11.5 Å². The predicted octanol–water partition coefficient (Wildman–Crippen LogP) is 5.44. The summed E-state index contributed by atoms with van der Waals surface area (Å²) < 4.78 is 36.9. The van der Waals surface area contributed by atoms with Crippen LogP contribution in [-0.4, -0.2) is 23.5 Å². The van der Waals surface area contributed by atoms with E-state index in [0.717, 1.165) is 28.1 Å². The molecule has 0 aliphatic carbocycles. The molecule has 4 aromatic rings. The summed E-state index contributed by atoms with van der Waals surface area (Å²) >= 11 is 0. The number of benzene rings is 3. The molecule has 0 atom stereocenters. The molecule has 32 heavy (non-hydrogen) atoms. The standard InChI is InChI=1S/C25H23F2N3O2/c1-31-22-13-12-18(14-23(22)32-25(26)27)15-28-16-20-17-30(21-10-6-3-7-11-21)29-24(20)19-8-4-2-5-9-19/h2-14,17,25,28H,15-16H2,1H3. The van der Waals surface area contributed by atoms with Crippen molar-refractivity contribution >= 4 is 0 Å². The molecule has 0 amide bonds. The second-order valence-corrected chi connectivity index (χ2v) is 7.12. The third kappa shape index (κ3) is 5.12. The van der Waals surface area contributed by atoms with Crippen LogP contribution in [0.1, 0.15) is 11.1 Å². The van der Waals surface area contributed by atoms with E-state index in [1.807, 2.05) is 77.6 Å². The van der Waals surface area contributed by atoms with Gasteiger partial charge in [0.1, 0.15) is 0 Å². The third-order valence-electron chi connectivity index (χ3n) is 4.95. The molecule has 0 aliphatic heterocycles. The number of nitrogens with zero attached hydrogens (tertiary/aromatic N) is 2. The first-order valence-corrected chi connectivity index (χ1v) is 10.2. The Morgan fingerprint density at radius 2 is 1.62 bits per heavy atom. The number of rotatable bonds is 9. The molecule has 0 aliphatic rings. The van der Waals surface area contributed by atoms with Crippen molar-refractivity contribution in [3.05, 3.63) is 96.2 Å². The lowest BCUT2D eigenvalue weighted by Crippen LogP contribution is -2.13. The molecule has 3 aromatic carbocycles. The maximum absolute atomic E-state index is 12.7. The summed E-state index contributed by atoms with van der Waals surface area (Å²) in [7, 11) is 1.42. The summed E-state index contributed by atoms with van der Waals surface area (Å²) in [4.78, 5) is 0. The second kappa shape index (κ2) is 10.1. The van der Waals surface area contributed by atoms with Gasteiger partial charge in [-0.3, -0.25) is 0 Å². The minimum atomic E-state index is -2.91. The molecular formula is C25H23F2N3O2. The fraction of sp³-hybridized carbons (Fsp3) is 0.160. The van der Waals surface area contributed by atoms with Crippen molar-refractivity contribution in [2.24, 2.45) is 0 Å². The molecule has 1 N–H and O–H groups in total. The first kappa shape index (κ1) is 21.5. The Hall–Kier alpha value is -3.71. The van der Waals surface area contributed by atoms with Gasteiger partial charge in [-0.05, 0) is 29.8 Å². The molecule has 7 heteroatoms. The van der Waals surface area contributed by atoms with Crippen LogP contribution in [-0.2, 0) is 13.1 Å². The molecule has 0 unspecified atom stereocenters. The Kier molecular flexibility index (Phi) is 6.77. The first-order valence-electron chi connectivity index (χ1n) is 10.2. The van der Waals surface area contributed by atoms with Crippen LogP contribution < -0.4 is 14.8 Å². The largest absolute Gasteiger partial charge is 0.493 e. The van der Waals surface area contributed by atoms with Gasteiger partial charge in [0.25, 0.3) is 0 Å². The molecule has 0 saturated carbocycles. The molecule has 4 rings (SSSR count). The third-order valence-corrected chi connectivity index (χ3v) is 4.95. The number of hydrogen-bond donors (Lipinski definition) is 1. The Bertz CT molecular complexity index is 1150. The lowest BCUT2D eigenvalue weighted by molar-refractivity contribution is -0.0512. The fourth-order valence-corrected chi connectivity index (χ4v) is 3.45. The van der Waals surface area contributed by atoms with E-state index in [2.05, 4.69) is 10.1 Å². The minimum Gasteiger partial charge on any atom is -0.493 e. The average molecular weight is 435 g/mol.